The van der Waals surface area contributed by atoms with E-state index in [1.807, 2.05) is 70.5 Å². The number of carboxylic acids is 4. The molecule has 0 amide bonds. The van der Waals surface area contributed by atoms with Gasteiger partial charge in [-0.2, -0.15) is 0 Å². The Balaban J connectivity index is 0.000000273. The molecule has 12 rings (SSSR count). The van der Waals surface area contributed by atoms with Crippen LogP contribution in [0.5, 0.6) is 0 Å². The second-order valence-corrected chi connectivity index (χ2v) is 37.2. The molecule has 4 unspecified atom stereocenters. The van der Waals surface area contributed by atoms with Crippen LogP contribution >= 0.6 is 45.8 Å². The van der Waals surface area contributed by atoms with E-state index in [0.29, 0.717) is 127 Å². The standard InChI is InChI=1S/C20H23ClN2O4S.C20H23FN2O4S.C19H20ClFN2O4S.C19H20FIN2O4S.4ClH/c2*1-13-11-18-15(12-16(13)21)20(22-10-6-5-9-19(24)25)14-7-3-4-8-17(14)23(2)28(18,26)27;1-23-16-7-3-2-6-12(16)19(22-9-5-4-8-18(24)25)13-10-15(21)14(20)11-17(13)28(23,26)27;1-23-16-7-3-2-6-12(16)19(22-9-5-4-8-18(24)25)13-10-14(20)15(21)11-17(13)28(23,26)27;;;;/h2*3-4,7-8,11-12,20,22H,5-6,9-10H2,1-2H3,(H,24,25);2*2-3,6-7,10-11,19,22H,4-5,8-9H2,1H3,(H,24,25);4*1H. The molecule has 8 aromatic rings. The lowest BCUT2D eigenvalue weighted by molar-refractivity contribution is -0.687. The highest BCUT2D eigenvalue weighted by molar-refractivity contribution is 14.1. The van der Waals surface area contributed by atoms with Crippen molar-refractivity contribution < 1.29 is 157 Å². The summed E-state index contributed by atoms with van der Waals surface area (Å²) in [6.45, 7) is 5.79. The molecule has 24 nitrogen and oxygen atoms in total. The average Bonchev–Trinajstić information content (AvgIpc) is 1.62. The monoisotopic (exact) mass is 1920 g/mol. The van der Waals surface area contributed by atoms with Gasteiger partial charge in [0.05, 0.1) is 77.1 Å². The van der Waals surface area contributed by atoms with Crippen molar-refractivity contribution in [3.05, 3.63) is 232 Å². The van der Waals surface area contributed by atoms with E-state index in [2.05, 4.69) is 5.32 Å². The van der Waals surface area contributed by atoms with Gasteiger partial charge in [0.15, 0.2) is 0 Å². The van der Waals surface area contributed by atoms with Gasteiger partial charge in [0.2, 0.25) is 0 Å². The Kier molecular flexibility index (Phi) is 36.9. The van der Waals surface area contributed by atoms with Gasteiger partial charge in [-0.25, -0.2) is 46.8 Å². The van der Waals surface area contributed by atoms with Gasteiger partial charge in [-0.15, -0.1) is 0 Å². The average molecular weight is 1920 g/mol. The minimum absolute atomic E-state index is 0. The Bertz CT molecular complexity index is 4720. The zero-order valence-corrected chi connectivity index (χ0v) is 73.6. The van der Waals surface area contributed by atoms with E-state index in [-0.39, 0.29) is 115 Å². The third-order valence-electron chi connectivity index (χ3n) is 20.0. The maximum Gasteiger partial charge on any atom is 0.303 e. The van der Waals surface area contributed by atoms with Crippen LogP contribution in [0.1, 0.15) is 157 Å². The maximum atomic E-state index is 14.4. The van der Waals surface area contributed by atoms with Gasteiger partial charge in [0.25, 0.3) is 40.1 Å². The molecular formula is C78H90Cl6F3IN8O16S4. The first-order chi connectivity index (χ1) is 52.9. The number of sulfonamides is 4. The maximum absolute atomic E-state index is 14.4. The van der Waals surface area contributed by atoms with E-state index in [4.69, 9.17) is 43.6 Å². The first-order valence-electron chi connectivity index (χ1n) is 36.0. The number of rotatable bonds is 24. The van der Waals surface area contributed by atoms with E-state index in [1.165, 1.54) is 68.7 Å². The van der Waals surface area contributed by atoms with Crippen LogP contribution in [-0.2, 0) is 59.3 Å². The lowest BCUT2D eigenvalue weighted by atomic mass is 9.95. The number of hydrogen-bond donors (Lipinski definition) is 8. The highest BCUT2D eigenvalue weighted by Crippen LogP contribution is 2.45. The molecule has 0 bridgehead atoms. The van der Waals surface area contributed by atoms with Gasteiger partial charge in [-0.1, -0.05) is 96.0 Å². The summed E-state index contributed by atoms with van der Waals surface area (Å²) < 4.78 is 154. The quantitative estimate of drug-likeness (QED) is 0.0237. The van der Waals surface area contributed by atoms with Crippen LogP contribution in [0.15, 0.2) is 165 Å². The molecule has 632 valence electrons. The Morgan fingerprint density at radius 3 is 0.905 bits per heavy atom. The van der Waals surface area contributed by atoms with Crippen LogP contribution in [0.3, 0.4) is 0 Å². The van der Waals surface area contributed by atoms with Crippen molar-refractivity contribution in [3.8, 4) is 0 Å². The number of nitrogens with zero attached hydrogens (tertiary/aromatic N) is 4. The number of para-hydroxylation sites is 4. The zero-order chi connectivity index (χ0) is 81.9. The highest BCUT2D eigenvalue weighted by Gasteiger charge is 2.42. The second kappa shape index (κ2) is 43.1. The van der Waals surface area contributed by atoms with Gasteiger partial charge >= 0.3 is 23.9 Å². The van der Waals surface area contributed by atoms with Gasteiger partial charge in [-0.05, 0) is 172 Å². The number of fused-ring (bicyclic) bond motifs is 8. The second-order valence-electron chi connectivity index (χ2n) is 27.4. The zero-order valence-electron chi connectivity index (χ0n) is 63.7. The van der Waals surface area contributed by atoms with Crippen molar-refractivity contribution in [2.24, 2.45) is 0 Å². The van der Waals surface area contributed by atoms with Gasteiger partial charge in [0.1, 0.15) is 41.6 Å². The third kappa shape index (κ3) is 22.8. The van der Waals surface area contributed by atoms with Gasteiger partial charge < -0.3 is 91.3 Å². The molecule has 4 aliphatic rings. The van der Waals surface area contributed by atoms with Crippen molar-refractivity contribution in [1.82, 2.24) is 0 Å². The lowest BCUT2D eigenvalue weighted by Gasteiger charge is -2.20. The fraction of sp³-hybridized carbons (Fsp3) is 0.333. The molecule has 0 spiro atoms. The molecule has 4 heterocycles. The molecule has 8 aromatic carbocycles. The van der Waals surface area contributed by atoms with Crippen LogP contribution in [0, 0.1) is 34.9 Å². The number of hydrogen-bond acceptors (Lipinski definition) is 12. The number of carbonyl (C=O) groups is 4. The fourth-order valence-electron chi connectivity index (χ4n) is 14.1. The Morgan fingerprint density at radius 2 is 0.603 bits per heavy atom. The van der Waals surface area contributed by atoms with Crippen molar-refractivity contribution in [1.29, 1.82) is 0 Å². The summed E-state index contributed by atoms with van der Waals surface area (Å²) in [5.74, 6) is -4.91. The normalized spacial score (nSPS) is 16.9. The van der Waals surface area contributed by atoms with Crippen molar-refractivity contribution in [2.75, 3.05) is 71.6 Å². The summed E-state index contributed by atoms with van der Waals surface area (Å²) in [6.07, 6.45) is 5.25. The van der Waals surface area contributed by atoms with E-state index < -0.39 is 99.5 Å². The van der Waals surface area contributed by atoms with E-state index in [9.17, 15) is 66.0 Å². The number of nitrogens with two attached hydrogens (primary N) is 4. The summed E-state index contributed by atoms with van der Waals surface area (Å²) in [4.78, 5) is 43.2. The molecular weight excluding hydrogens is 1830 g/mol. The number of aryl methyl sites for hydroxylation is 2. The molecule has 0 saturated carbocycles. The van der Waals surface area contributed by atoms with Gasteiger partial charge in [-0.3, -0.25) is 36.4 Å². The topological polar surface area (TPSA) is 365 Å². The van der Waals surface area contributed by atoms with Crippen LogP contribution < -0.4 is 88.1 Å². The Labute approximate surface area is 722 Å². The molecule has 38 heteroatoms. The minimum atomic E-state index is -3.90. The van der Waals surface area contributed by atoms with E-state index >= 15 is 0 Å². The highest BCUT2D eigenvalue weighted by atomic mass is 127. The minimum Gasteiger partial charge on any atom is -1.00 e. The molecule has 0 aliphatic carbocycles. The summed E-state index contributed by atoms with van der Waals surface area (Å²) in [5.41, 5.74) is 8.28. The van der Waals surface area contributed by atoms with Crippen LogP contribution in [-0.4, -0.2) is 132 Å². The molecule has 12 N–H and O–H groups in total. The molecule has 0 aromatic heterocycles. The van der Waals surface area contributed by atoms with Crippen LogP contribution in [0.4, 0.5) is 35.9 Å². The fourth-order valence-corrected chi connectivity index (χ4v) is 21.1. The van der Waals surface area contributed by atoms with Crippen molar-refractivity contribution in [3.63, 3.8) is 0 Å². The number of unbranched alkanes of at least 4 members (excludes halogenated alkanes) is 4. The van der Waals surface area contributed by atoms with Gasteiger partial charge in [0, 0.05) is 103 Å². The predicted octanol–water partition coefficient (Wildman–Crippen LogP) is -2.11. The van der Waals surface area contributed by atoms with E-state index in [0.717, 1.165) is 34.7 Å². The molecule has 4 aliphatic heterocycles. The Morgan fingerprint density at radius 1 is 0.353 bits per heavy atom. The number of benzene rings is 8. The predicted molar refractivity (Wildman–Crippen MR) is 426 cm³/mol. The van der Waals surface area contributed by atoms with Crippen LogP contribution in [0.2, 0.25) is 10.0 Å². The Hall–Kier alpha value is -7.26. The summed E-state index contributed by atoms with van der Waals surface area (Å²) in [7, 11) is -9.22. The third-order valence-corrected chi connectivity index (χ3v) is 28.8. The molecule has 0 fully saturated rings. The number of aliphatic carboxylic acids is 4. The molecule has 116 heavy (non-hydrogen) atoms. The summed E-state index contributed by atoms with van der Waals surface area (Å²) in [5, 5.41) is 43.3. The first-order valence-corrected chi connectivity index (χ1v) is 43.6. The smallest absolute Gasteiger partial charge is 0.303 e. The largest absolute Gasteiger partial charge is 1.00 e. The molecule has 0 saturated heterocycles. The molecule has 4 atom stereocenters. The summed E-state index contributed by atoms with van der Waals surface area (Å²) >= 11 is 14.0. The lowest BCUT2D eigenvalue weighted by Crippen LogP contribution is -3.00. The SMILES string of the molecule is CN1c2ccccc2C([NH2+]CCCCC(=O)O)c2cc(F)c(Cl)cc2S1(=O)=O.CN1c2ccccc2C([NH2+]CCCCC(=O)O)c2cc(F)c(I)cc2S1(=O)=O.Cc1cc2c(cc1Cl)C([NH2+]CCCCC(=O)O)c1ccccc1N(C)S2(=O)=O.Cc1cc2c(cc1F)C([NH2+]CCCCC(=O)O)c1ccccc1N(C)S2(=O)=O.[Cl-].[Cl-].[Cl-].[Cl-]. The van der Waals surface area contributed by atoms with Crippen molar-refractivity contribution in [2.45, 2.75) is 135 Å². The number of halogens is 10. The van der Waals surface area contributed by atoms with Crippen LogP contribution in [0.25, 0.3) is 0 Å². The number of quaternary nitrogens is 4. The number of anilines is 4. The first kappa shape index (κ1) is 99.3. The number of carboxylic acid groups (broad SMARTS) is 4. The molecule has 0 radical (unpaired) electrons. The summed E-state index contributed by atoms with van der Waals surface area (Å²) in [6, 6.07) is 38.6. The van der Waals surface area contributed by atoms with E-state index in [1.54, 1.807) is 98.1 Å². The van der Waals surface area contributed by atoms with Crippen molar-refractivity contribution >= 4 is 133 Å².